The van der Waals surface area contributed by atoms with E-state index in [1.54, 1.807) is 23.2 Å². The van der Waals surface area contributed by atoms with Gasteiger partial charge in [-0.05, 0) is 94.3 Å². The van der Waals surface area contributed by atoms with Crippen molar-refractivity contribution in [1.29, 1.82) is 0 Å². The molecular weight excluding hydrogens is 737 g/mol. The van der Waals surface area contributed by atoms with E-state index in [9.17, 15) is 14.0 Å². The smallest absolute Gasteiger partial charge is 0.415 e. The van der Waals surface area contributed by atoms with Crippen LogP contribution in [0.3, 0.4) is 0 Å². The number of aryl methyl sites for hydroxylation is 1. The molecule has 15 heteroatoms. The summed E-state index contributed by atoms with van der Waals surface area (Å²) in [7, 11) is 0. The Kier molecular flexibility index (Phi) is 9.78. The zero-order chi connectivity index (χ0) is 39.5. The minimum atomic E-state index is -0.940. The first-order valence-electron chi connectivity index (χ1n) is 20.2. The summed E-state index contributed by atoms with van der Waals surface area (Å²) in [5.74, 6) is -0.0150. The molecule has 2 aromatic carbocycles. The molecule has 4 fully saturated rings. The number of benzene rings is 2. The third-order valence-corrected chi connectivity index (χ3v) is 12.5. The van der Waals surface area contributed by atoms with E-state index >= 15 is 4.39 Å². The number of aromatic nitrogens is 3. The molecule has 5 atom stereocenters. The molecule has 0 saturated carbocycles. The second-order valence-corrected chi connectivity index (χ2v) is 16.8. The monoisotopic (exact) mass is 785 g/mol. The van der Waals surface area contributed by atoms with Gasteiger partial charge in [0, 0.05) is 37.8 Å². The average Bonchev–Trinajstić information content (AvgIpc) is 3.70. The van der Waals surface area contributed by atoms with Crippen LogP contribution in [0.2, 0.25) is 0 Å². The first kappa shape index (κ1) is 37.7. The molecule has 57 heavy (non-hydrogen) atoms. The number of piperidine rings is 1. The predicted molar refractivity (Wildman–Crippen MR) is 209 cm³/mol. The molecule has 0 spiro atoms. The quantitative estimate of drug-likeness (QED) is 0.241. The second-order valence-electron chi connectivity index (χ2n) is 16.8. The fourth-order valence-electron chi connectivity index (χ4n) is 9.84. The third kappa shape index (κ3) is 7.06. The summed E-state index contributed by atoms with van der Waals surface area (Å²) in [6, 6.07) is 8.78. The van der Waals surface area contributed by atoms with E-state index in [0.29, 0.717) is 75.3 Å². The predicted octanol–water partition coefficient (Wildman–Crippen LogP) is 6.58. The lowest BCUT2D eigenvalue weighted by atomic mass is 9.91. The zero-order valence-electron chi connectivity index (χ0n) is 32.7. The number of nitrogens with one attached hydrogen (secondary N) is 1. The molecule has 8 heterocycles. The summed E-state index contributed by atoms with van der Waals surface area (Å²) in [5, 5.41) is 4.92. The van der Waals surface area contributed by atoms with E-state index in [2.05, 4.69) is 10.2 Å². The number of morpholine rings is 1. The van der Waals surface area contributed by atoms with Gasteiger partial charge in [-0.2, -0.15) is 9.97 Å². The summed E-state index contributed by atoms with van der Waals surface area (Å²) in [6.07, 6.45) is 4.18. The van der Waals surface area contributed by atoms with Gasteiger partial charge >= 0.3 is 18.2 Å². The number of fused-ring (bicyclic) bond motifs is 7. The Balaban J connectivity index is 1.19. The molecule has 4 saturated heterocycles. The number of alkyl carbamates (subject to hydrolysis) is 1. The maximum absolute atomic E-state index is 17.6. The Morgan fingerprint density at radius 2 is 1.91 bits per heavy atom. The van der Waals surface area contributed by atoms with Crippen LogP contribution in [-0.2, 0) is 15.9 Å². The lowest BCUT2D eigenvalue weighted by Gasteiger charge is -2.41. The van der Waals surface area contributed by atoms with E-state index in [1.165, 1.54) is 0 Å². The van der Waals surface area contributed by atoms with E-state index in [0.717, 1.165) is 42.1 Å². The van der Waals surface area contributed by atoms with Crippen LogP contribution in [0.5, 0.6) is 11.8 Å². The number of hydrogen-bond donors (Lipinski definition) is 1. The van der Waals surface area contributed by atoms with E-state index in [4.69, 9.17) is 33.9 Å². The molecule has 6 bridgehead atoms. The molecule has 4 aromatic rings. The van der Waals surface area contributed by atoms with Gasteiger partial charge in [0.05, 0.1) is 48.4 Å². The van der Waals surface area contributed by atoms with Crippen molar-refractivity contribution in [2.45, 2.75) is 95.1 Å². The van der Waals surface area contributed by atoms with Crippen molar-refractivity contribution in [2.75, 3.05) is 57.5 Å². The van der Waals surface area contributed by atoms with Crippen molar-refractivity contribution < 1.29 is 37.3 Å². The van der Waals surface area contributed by atoms with Crippen molar-refractivity contribution in [3.8, 4) is 23.0 Å². The van der Waals surface area contributed by atoms with Gasteiger partial charge in [-0.1, -0.05) is 18.2 Å². The van der Waals surface area contributed by atoms with Crippen molar-refractivity contribution in [1.82, 2.24) is 30.1 Å². The minimum Gasteiger partial charge on any atom is -0.461 e. The average molecular weight is 786 g/mol. The van der Waals surface area contributed by atoms with Gasteiger partial charge in [0.25, 0.3) is 0 Å². The fourth-order valence-corrected chi connectivity index (χ4v) is 9.84. The number of anilines is 1. The number of pyridine rings is 1. The molecule has 0 aliphatic carbocycles. The highest BCUT2D eigenvalue weighted by molar-refractivity contribution is 6.02. The largest absolute Gasteiger partial charge is 0.461 e. The summed E-state index contributed by atoms with van der Waals surface area (Å²) in [6.45, 7) is 9.05. The molecule has 0 unspecified atom stereocenters. The van der Waals surface area contributed by atoms with Crippen LogP contribution in [0, 0.1) is 5.82 Å². The minimum absolute atomic E-state index is 0.0170. The lowest BCUT2D eigenvalue weighted by Crippen LogP contribution is -2.57. The van der Waals surface area contributed by atoms with Crippen LogP contribution in [0.4, 0.5) is 24.2 Å². The van der Waals surface area contributed by atoms with Crippen LogP contribution in [0.1, 0.15) is 64.9 Å². The maximum atomic E-state index is 17.6. The van der Waals surface area contributed by atoms with Crippen LogP contribution < -0.4 is 19.7 Å². The number of rotatable bonds is 4. The highest BCUT2D eigenvalue weighted by Crippen LogP contribution is 2.42. The van der Waals surface area contributed by atoms with E-state index in [1.807, 2.05) is 43.9 Å². The topological polar surface area (TPSA) is 131 Å². The number of halogens is 2. The van der Waals surface area contributed by atoms with Crippen LogP contribution in [0.25, 0.3) is 32.9 Å². The molecule has 0 radical (unpaired) electrons. The summed E-state index contributed by atoms with van der Waals surface area (Å²) in [5.41, 5.74) is 0.218. The first-order chi connectivity index (χ1) is 27.5. The molecular formula is C42H49F2N7O6. The van der Waals surface area contributed by atoms with Crippen molar-refractivity contribution in [2.24, 2.45) is 0 Å². The Hall–Kier alpha value is -4.89. The standard InChI is InChI=1S/C42H49F2N7O6/c1-25-21-54-22-26(2)51(25)40(53)57-30-16-28-9-4-8-27-10-5-15-55-39(52)48-41(3)11-6-13-49(23-41)37-32-19-45-35(31(17-30)33(27)28)34(44)36(32)46-38(47-37)56-24-42-12-7-14-50(42)20-29(43)18-42/h4,8-9,16-17,19,25-26,29H,5-7,10-15,18,20-24H2,1-3H3,(H,48,52)/t25-,26+,29-,41-,42+/m1/s1. The van der Waals surface area contributed by atoms with Gasteiger partial charge in [-0.25, -0.2) is 18.4 Å². The van der Waals surface area contributed by atoms with Gasteiger partial charge in [0.15, 0.2) is 5.82 Å². The number of alkyl halides is 1. The SMILES string of the molecule is C[C@@H]1COC[C@H](C)N1C(=O)Oc1cc2c3c(cccc3c1)CCCOC(=O)N[C@]1(C)CCCN(C1)c1nc(OC[C@@]34CCCN3C[C@H](F)C4)nc3c(F)c-2ncc13. The first-order valence-corrected chi connectivity index (χ1v) is 20.2. The third-order valence-electron chi connectivity index (χ3n) is 12.5. The maximum Gasteiger partial charge on any atom is 0.415 e. The molecule has 302 valence electrons. The van der Waals surface area contributed by atoms with Crippen molar-refractivity contribution in [3.63, 3.8) is 0 Å². The Morgan fingerprint density at radius 3 is 2.75 bits per heavy atom. The highest BCUT2D eigenvalue weighted by atomic mass is 19.1. The number of hydrogen-bond acceptors (Lipinski definition) is 11. The van der Waals surface area contributed by atoms with Gasteiger partial charge < -0.3 is 29.2 Å². The summed E-state index contributed by atoms with van der Waals surface area (Å²) >= 11 is 0. The summed E-state index contributed by atoms with van der Waals surface area (Å²) in [4.78, 5) is 47.0. The molecule has 2 aromatic heterocycles. The second kappa shape index (κ2) is 14.8. The van der Waals surface area contributed by atoms with E-state index in [-0.39, 0.29) is 48.3 Å². The van der Waals surface area contributed by atoms with Crippen LogP contribution >= 0.6 is 0 Å². The molecule has 10 rings (SSSR count). The molecule has 6 aliphatic heterocycles. The number of carbonyl (C=O) groups is 2. The molecule has 2 amide bonds. The Bertz CT molecular complexity index is 2220. The van der Waals surface area contributed by atoms with Crippen molar-refractivity contribution in [3.05, 3.63) is 47.9 Å². The van der Waals surface area contributed by atoms with Gasteiger partial charge in [0.2, 0.25) is 0 Å². The van der Waals surface area contributed by atoms with E-state index < -0.39 is 35.3 Å². The summed E-state index contributed by atoms with van der Waals surface area (Å²) < 4.78 is 56.0. The number of amides is 2. The normalized spacial score (nSPS) is 28.0. The van der Waals surface area contributed by atoms with Gasteiger partial charge in [-0.15, -0.1) is 0 Å². The molecule has 6 aliphatic rings. The van der Waals surface area contributed by atoms with Crippen LogP contribution in [0.15, 0.2) is 36.5 Å². The Morgan fingerprint density at radius 1 is 1.09 bits per heavy atom. The lowest BCUT2D eigenvalue weighted by molar-refractivity contribution is -0.0237. The number of ether oxygens (including phenoxy) is 4. The zero-order valence-corrected chi connectivity index (χ0v) is 32.7. The van der Waals surface area contributed by atoms with Crippen molar-refractivity contribution >= 4 is 39.7 Å². The van der Waals surface area contributed by atoms with Gasteiger partial charge in [-0.3, -0.25) is 14.8 Å². The highest BCUT2D eigenvalue weighted by Gasteiger charge is 2.49. The number of carbonyl (C=O) groups excluding carboxylic acids is 2. The Labute approximate surface area is 330 Å². The molecule has 13 nitrogen and oxygen atoms in total. The van der Waals surface area contributed by atoms with Crippen LogP contribution in [-0.4, -0.2) is 119 Å². The van der Waals surface area contributed by atoms with Gasteiger partial charge in [0.1, 0.15) is 35.6 Å². The fraction of sp³-hybridized carbons (Fsp3) is 0.548. The molecule has 1 N–H and O–H groups in total. The number of nitrogens with zero attached hydrogens (tertiary/aromatic N) is 6.